The highest BCUT2D eigenvalue weighted by Crippen LogP contribution is 2.31. The standard InChI is InChI=1S/C22H24N6O/c1-14-6-3-4-7-17(14)19-9-8-18(23)21(26-19)27-22(29)28-12-16(13-28)15(2)20-24-10-5-11-25-20/h3-11,15-16H,12-13,23H2,1-2H3,(H,26,27,29). The van der Waals surface area contributed by atoms with Crippen molar-refractivity contribution >= 4 is 17.5 Å². The molecule has 3 N–H and O–H groups in total. The average Bonchev–Trinajstić information content (AvgIpc) is 2.69. The maximum atomic E-state index is 12.7. The summed E-state index contributed by atoms with van der Waals surface area (Å²) in [6.07, 6.45) is 3.50. The number of anilines is 2. The lowest BCUT2D eigenvalue weighted by Gasteiger charge is -2.41. The summed E-state index contributed by atoms with van der Waals surface area (Å²) >= 11 is 0. The van der Waals surface area contributed by atoms with E-state index in [2.05, 4.69) is 27.2 Å². The number of nitrogens with zero attached hydrogens (tertiary/aromatic N) is 4. The van der Waals surface area contributed by atoms with E-state index >= 15 is 0 Å². The largest absolute Gasteiger partial charge is 0.396 e. The van der Waals surface area contributed by atoms with E-state index in [0.717, 1.165) is 22.6 Å². The van der Waals surface area contributed by atoms with Gasteiger partial charge in [0.15, 0.2) is 5.82 Å². The van der Waals surface area contributed by atoms with Gasteiger partial charge in [-0.25, -0.2) is 19.7 Å². The smallest absolute Gasteiger partial charge is 0.323 e. The summed E-state index contributed by atoms with van der Waals surface area (Å²) < 4.78 is 0. The molecular weight excluding hydrogens is 364 g/mol. The Bertz CT molecular complexity index is 1020. The van der Waals surface area contributed by atoms with Crippen molar-refractivity contribution in [1.82, 2.24) is 19.9 Å². The molecule has 0 spiro atoms. The molecule has 1 unspecified atom stereocenters. The molecule has 1 aliphatic heterocycles. The average molecular weight is 388 g/mol. The number of rotatable bonds is 4. The van der Waals surface area contributed by atoms with Crippen LogP contribution in [-0.2, 0) is 0 Å². The first-order chi connectivity index (χ1) is 14.0. The number of aromatic nitrogens is 3. The van der Waals surface area contributed by atoms with Gasteiger partial charge in [0.25, 0.3) is 0 Å². The first-order valence-electron chi connectivity index (χ1n) is 9.68. The fraction of sp³-hybridized carbons (Fsp3) is 0.273. The van der Waals surface area contributed by atoms with Crippen molar-refractivity contribution in [1.29, 1.82) is 0 Å². The van der Waals surface area contributed by atoms with E-state index in [4.69, 9.17) is 5.73 Å². The van der Waals surface area contributed by atoms with Crippen molar-refractivity contribution in [3.05, 3.63) is 66.2 Å². The van der Waals surface area contributed by atoms with Crippen LogP contribution in [0.4, 0.5) is 16.3 Å². The molecule has 0 aliphatic carbocycles. The third kappa shape index (κ3) is 3.89. The van der Waals surface area contributed by atoms with Gasteiger partial charge >= 0.3 is 6.03 Å². The van der Waals surface area contributed by atoms with E-state index in [1.807, 2.05) is 37.3 Å². The van der Waals surface area contributed by atoms with Gasteiger partial charge in [0.2, 0.25) is 0 Å². The van der Waals surface area contributed by atoms with Crippen LogP contribution in [0.25, 0.3) is 11.3 Å². The zero-order valence-electron chi connectivity index (χ0n) is 16.5. The highest BCUT2D eigenvalue weighted by atomic mass is 16.2. The van der Waals surface area contributed by atoms with Crippen molar-refractivity contribution in [3.8, 4) is 11.3 Å². The van der Waals surface area contributed by atoms with E-state index in [0.29, 0.717) is 30.5 Å². The molecule has 4 rings (SSSR count). The van der Waals surface area contributed by atoms with Crippen molar-refractivity contribution in [2.75, 3.05) is 24.1 Å². The van der Waals surface area contributed by atoms with Crippen LogP contribution in [0.1, 0.15) is 24.2 Å². The molecular formula is C22H24N6O. The number of hydrogen-bond donors (Lipinski definition) is 2. The molecule has 0 radical (unpaired) electrons. The number of nitrogens with one attached hydrogen (secondary N) is 1. The quantitative estimate of drug-likeness (QED) is 0.710. The number of carbonyl (C=O) groups is 1. The number of nitrogens with two attached hydrogens (primary N) is 1. The topological polar surface area (TPSA) is 97.0 Å². The Morgan fingerprint density at radius 3 is 2.59 bits per heavy atom. The van der Waals surface area contributed by atoms with Crippen LogP contribution in [0.2, 0.25) is 0 Å². The Morgan fingerprint density at radius 1 is 1.14 bits per heavy atom. The summed E-state index contributed by atoms with van der Waals surface area (Å²) in [5, 5.41) is 2.86. The molecule has 7 nitrogen and oxygen atoms in total. The monoisotopic (exact) mass is 388 g/mol. The Labute approximate surface area is 170 Å². The first-order valence-corrected chi connectivity index (χ1v) is 9.68. The maximum Gasteiger partial charge on any atom is 0.323 e. The summed E-state index contributed by atoms with van der Waals surface area (Å²) in [4.78, 5) is 27.6. The number of amides is 2. The second-order valence-corrected chi connectivity index (χ2v) is 7.44. The Morgan fingerprint density at radius 2 is 1.86 bits per heavy atom. The van der Waals surface area contributed by atoms with Gasteiger partial charge in [-0.05, 0) is 30.7 Å². The summed E-state index contributed by atoms with van der Waals surface area (Å²) in [5.41, 5.74) is 9.41. The van der Waals surface area contributed by atoms with Crippen molar-refractivity contribution in [2.24, 2.45) is 5.92 Å². The van der Waals surface area contributed by atoms with Crippen LogP contribution in [0.5, 0.6) is 0 Å². The highest BCUT2D eigenvalue weighted by Gasteiger charge is 2.36. The van der Waals surface area contributed by atoms with E-state index in [1.54, 1.807) is 29.4 Å². The second-order valence-electron chi connectivity index (χ2n) is 7.44. The van der Waals surface area contributed by atoms with E-state index < -0.39 is 0 Å². The van der Waals surface area contributed by atoms with Crippen molar-refractivity contribution in [3.63, 3.8) is 0 Å². The van der Waals surface area contributed by atoms with E-state index in [9.17, 15) is 4.79 Å². The highest BCUT2D eigenvalue weighted by molar-refractivity contribution is 5.92. The summed E-state index contributed by atoms with van der Waals surface area (Å²) in [5.74, 6) is 1.74. The van der Waals surface area contributed by atoms with Gasteiger partial charge in [0.05, 0.1) is 11.4 Å². The third-order valence-electron chi connectivity index (χ3n) is 5.47. The van der Waals surface area contributed by atoms with E-state index in [-0.39, 0.29) is 11.9 Å². The molecule has 1 fully saturated rings. The van der Waals surface area contributed by atoms with Crippen LogP contribution < -0.4 is 11.1 Å². The molecule has 0 bridgehead atoms. The Balaban J connectivity index is 1.42. The number of urea groups is 1. The molecule has 2 amide bonds. The fourth-order valence-corrected chi connectivity index (χ4v) is 3.51. The van der Waals surface area contributed by atoms with Gasteiger partial charge in [-0.3, -0.25) is 5.32 Å². The molecule has 0 saturated carbocycles. The molecule has 1 aromatic carbocycles. The summed E-state index contributed by atoms with van der Waals surface area (Å²) in [6.45, 7) is 5.44. The number of hydrogen-bond acceptors (Lipinski definition) is 5. The minimum Gasteiger partial charge on any atom is -0.396 e. The minimum atomic E-state index is -0.191. The Hall–Kier alpha value is -3.48. The normalized spacial score (nSPS) is 14.9. The number of likely N-dealkylation sites (tertiary alicyclic amines) is 1. The number of aryl methyl sites for hydroxylation is 1. The molecule has 3 heterocycles. The van der Waals surface area contributed by atoms with Crippen LogP contribution in [-0.4, -0.2) is 39.0 Å². The molecule has 3 aromatic rings. The zero-order chi connectivity index (χ0) is 20.4. The van der Waals surface area contributed by atoms with Gasteiger partial charge in [0, 0.05) is 42.9 Å². The lowest BCUT2D eigenvalue weighted by atomic mass is 9.86. The number of benzene rings is 1. The van der Waals surface area contributed by atoms with Gasteiger partial charge in [-0.2, -0.15) is 0 Å². The molecule has 1 atom stereocenters. The summed E-state index contributed by atoms with van der Waals surface area (Å²) in [7, 11) is 0. The van der Waals surface area contributed by atoms with Crippen LogP contribution in [0.15, 0.2) is 54.9 Å². The zero-order valence-corrected chi connectivity index (χ0v) is 16.5. The molecule has 1 aliphatic rings. The van der Waals surface area contributed by atoms with Gasteiger partial charge in [0.1, 0.15) is 5.82 Å². The predicted molar refractivity (Wildman–Crippen MR) is 113 cm³/mol. The fourth-order valence-electron chi connectivity index (χ4n) is 3.51. The van der Waals surface area contributed by atoms with Crippen LogP contribution in [0, 0.1) is 12.8 Å². The lowest BCUT2D eigenvalue weighted by Crippen LogP contribution is -2.53. The van der Waals surface area contributed by atoms with Crippen LogP contribution in [0.3, 0.4) is 0 Å². The number of pyridine rings is 1. The molecule has 7 heteroatoms. The summed E-state index contributed by atoms with van der Waals surface area (Å²) in [6, 6.07) is 13.3. The number of carbonyl (C=O) groups excluding carboxylic acids is 1. The van der Waals surface area contributed by atoms with Gasteiger partial charge < -0.3 is 10.6 Å². The second kappa shape index (κ2) is 7.87. The van der Waals surface area contributed by atoms with Crippen molar-refractivity contribution in [2.45, 2.75) is 19.8 Å². The number of nitrogen functional groups attached to an aromatic ring is 1. The molecule has 148 valence electrons. The van der Waals surface area contributed by atoms with Crippen LogP contribution >= 0.6 is 0 Å². The third-order valence-corrected chi connectivity index (χ3v) is 5.47. The van der Waals surface area contributed by atoms with Crippen molar-refractivity contribution < 1.29 is 4.79 Å². The van der Waals surface area contributed by atoms with Gasteiger partial charge in [-0.15, -0.1) is 0 Å². The lowest BCUT2D eigenvalue weighted by molar-refractivity contribution is 0.115. The molecule has 2 aromatic heterocycles. The Kier molecular flexibility index (Phi) is 5.12. The maximum absolute atomic E-state index is 12.7. The molecule has 1 saturated heterocycles. The predicted octanol–water partition coefficient (Wildman–Crippen LogP) is 3.70. The van der Waals surface area contributed by atoms with E-state index in [1.165, 1.54) is 0 Å². The SMILES string of the molecule is Cc1ccccc1-c1ccc(N)c(NC(=O)N2CC(C(C)c3ncccn3)C2)n1. The first kappa shape index (κ1) is 18.9. The minimum absolute atomic E-state index is 0.191. The van der Waals surface area contributed by atoms with Gasteiger partial charge in [-0.1, -0.05) is 31.2 Å². The molecule has 29 heavy (non-hydrogen) atoms.